The molecule has 0 radical (unpaired) electrons. The number of carboxylic acids is 1. The molecule has 2 aliphatic carbocycles. The number of nitriles is 2. The molecule has 14 rings (SSSR count). The van der Waals surface area contributed by atoms with Crippen molar-refractivity contribution < 1.29 is 37.7 Å². The minimum Gasteiger partial charge on any atom is -0.478 e. The molecule has 10 aromatic rings. The van der Waals surface area contributed by atoms with Crippen LogP contribution in [0.25, 0.3) is 22.1 Å². The number of imidazole rings is 2. The van der Waals surface area contributed by atoms with Crippen LogP contribution in [0.15, 0.2) is 134 Å². The van der Waals surface area contributed by atoms with Crippen molar-refractivity contribution in [1.82, 2.24) is 58.4 Å². The molecule has 4 atom stereocenters. The summed E-state index contributed by atoms with van der Waals surface area (Å²) >= 11 is 0. The summed E-state index contributed by atoms with van der Waals surface area (Å²) in [5, 5.41) is 36.7. The van der Waals surface area contributed by atoms with E-state index in [1.807, 2.05) is 87.2 Å². The summed E-state index contributed by atoms with van der Waals surface area (Å²) in [4.78, 5) is 53.2. The van der Waals surface area contributed by atoms with Crippen LogP contribution in [-0.2, 0) is 58.2 Å². The van der Waals surface area contributed by atoms with Gasteiger partial charge in [0.25, 0.3) is 0 Å². The maximum absolute atomic E-state index is 14.4. The topological polar surface area (TPSA) is 240 Å². The predicted molar refractivity (Wildman–Crippen MR) is 331 cm³/mol. The zero-order chi connectivity index (χ0) is 62.9. The number of benzene rings is 4. The standard InChI is InChI=1S/C34H33FN8O3.C33H31FN8O3/c1-40-13-12-25(39-40)19-43-30-17-23(34(44)45-2)8-9-27(30)37-32(43)20-41-14-15-42(29-11-10-28(29)41)31-4-3-5-33(38-31)46-21-24-7-6-22(18-36)16-26(24)35;1-39-12-11-24(38-39)18-42-29-16-22(33(43)44)7-8-26(29)36-31(42)19-40-13-14-41(28-10-9-27(28)40)30-3-2-4-32(37-30)45-20-23-6-5-21(17-35)15-25(23)34/h3-9,12-13,16-17,28-29H,10-11,14-15,19-21H2,1-2H3;2-8,11-12,15-16,27-28H,9-10,13-14,18-20H2,1H3,(H,43,44)/t28-,29+;27-,28+/m11/s1. The molecular weight excluding hydrogens is 1160 g/mol. The number of hydrogen-bond acceptors (Lipinski definition) is 17. The lowest BCUT2D eigenvalue weighted by molar-refractivity contribution is 0.0599. The molecule has 1 N–H and O–H groups in total. The zero-order valence-electron chi connectivity index (χ0n) is 50.3. The molecule has 0 bridgehead atoms. The number of piperazine rings is 2. The van der Waals surface area contributed by atoms with Gasteiger partial charge in [-0.2, -0.15) is 30.7 Å². The van der Waals surface area contributed by atoms with E-state index in [0.29, 0.717) is 72.8 Å². The lowest BCUT2D eigenvalue weighted by Crippen LogP contribution is -2.64. The number of pyridine rings is 2. The number of aryl methyl sites for hydroxylation is 2. The van der Waals surface area contributed by atoms with Gasteiger partial charge in [-0.3, -0.25) is 19.2 Å². The SMILES string of the molecule is COC(=O)c1ccc2nc(CN3CCN(c4cccc(OCc5ccc(C#N)cc5F)n4)[C@H]4CC[C@H]43)n(Cc3ccn(C)n3)c2c1.Cn1ccc(Cn2c(CN3CCN(c4cccc(OCc5ccc(C#N)cc5F)n4)[C@H]4CC[C@H]43)nc3ccc(C(=O)O)cc32)n1. The number of rotatable bonds is 18. The molecule has 91 heavy (non-hydrogen) atoms. The van der Waals surface area contributed by atoms with Crippen LogP contribution < -0.4 is 19.3 Å². The minimum absolute atomic E-state index is 0.0152. The highest BCUT2D eigenvalue weighted by Crippen LogP contribution is 2.39. The van der Waals surface area contributed by atoms with E-state index in [1.165, 1.54) is 19.2 Å². The number of carboxylic acid groups (broad SMARTS) is 1. The van der Waals surface area contributed by atoms with E-state index >= 15 is 0 Å². The van der Waals surface area contributed by atoms with Crippen LogP contribution in [0.1, 0.15) is 91.7 Å². The monoisotopic (exact) mass is 1230 g/mol. The highest BCUT2D eigenvalue weighted by molar-refractivity contribution is 5.94. The summed E-state index contributed by atoms with van der Waals surface area (Å²) in [7, 11) is 5.16. The molecule has 6 aromatic heterocycles. The van der Waals surface area contributed by atoms with Crippen LogP contribution in [0.3, 0.4) is 0 Å². The largest absolute Gasteiger partial charge is 0.478 e. The molecule has 4 aromatic carbocycles. The van der Waals surface area contributed by atoms with E-state index in [9.17, 15) is 23.5 Å². The van der Waals surface area contributed by atoms with Crippen molar-refractivity contribution in [2.75, 3.05) is 43.1 Å². The number of ether oxygens (including phenoxy) is 3. The average molecular weight is 1230 g/mol. The van der Waals surface area contributed by atoms with Crippen molar-refractivity contribution in [1.29, 1.82) is 10.5 Å². The second kappa shape index (κ2) is 25.5. The van der Waals surface area contributed by atoms with Gasteiger partial charge in [0.05, 0.1) is 101 Å². The number of halogens is 2. The van der Waals surface area contributed by atoms with Gasteiger partial charge in [0.15, 0.2) is 0 Å². The van der Waals surface area contributed by atoms with Gasteiger partial charge in [-0.25, -0.2) is 28.3 Å². The molecule has 0 spiro atoms. The summed E-state index contributed by atoms with van der Waals surface area (Å²) in [6, 6.07) is 39.6. The van der Waals surface area contributed by atoms with Gasteiger partial charge in [0.1, 0.15) is 48.1 Å². The molecule has 2 saturated carbocycles. The van der Waals surface area contributed by atoms with Gasteiger partial charge in [-0.05, 0) is 111 Å². The van der Waals surface area contributed by atoms with Gasteiger partial charge < -0.3 is 38.3 Å². The van der Waals surface area contributed by atoms with E-state index in [4.69, 9.17) is 44.7 Å². The molecule has 24 heteroatoms. The van der Waals surface area contributed by atoms with Gasteiger partial charge in [-0.15, -0.1) is 0 Å². The van der Waals surface area contributed by atoms with Gasteiger partial charge >= 0.3 is 11.9 Å². The highest BCUT2D eigenvalue weighted by Gasteiger charge is 2.45. The van der Waals surface area contributed by atoms with Crippen LogP contribution in [0.2, 0.25) is 0 Å². The summed E-state index contributed by atoms with van der Waals surface area (Å²) in [5.74, 6) is 2.00. The van der Waals surface area contributed by atoms with Crippen molar-refractivity contribution in [3.8, 4) is 23.9 Å². The Morgan fingerprint density at radius 2 is 1.02 bits per heavy atom. The first kappa shape index (κ1) is 59.4. The molecule has 2 saturated heterocycles. The fourth-order valence-electron chi connectivity index (χ4n) is 12.8. The Kier molecular flexibility index (Phi) is 16.6. The van der Waals surface area contributed by atoms with Crippen molar-refractivity contribution in [3.05, 3.63) is 202 Å². The van der Waals surface area contributed by atoms with Crippen LogP contribution in [0.4, 0.5) is 20.4 Å². The van der Waals surface area contributed by atoms with Crippen LogP contribution in [0, 0.1) is 34.3 Å². The van der Waals surface area contributed by atoms with E-state index in [2.05, 4.69) is 38.9 Å². The number of carbonyl (C=O) groups is 2. The van der Waals surface area contributed by atoms with Crippen molar-refractivity contribution in [2.24, 2.45) is 14.1 Å². The van der Waals surface area contributed by atoms with Gasteiger partial charge in [0, 0.05) is 100 Å². The normalized spacial score (nSPS) is 17.8. The molecular formula is C67H64F2N16O6. The highest BCUT2D eigenvalue weighted by atomic mass is 19.1. The Morgan fingerprint density at radius 3 is 1.43 bits per heavy atom. The summed E-state index contributed by atoms with van der Waals surface area (Å²) in [6.45, 7) is 5.54. The molecule has 462 valence electrons. The van der Waals surface area contributed by atoms with Crippen LogP contribution >= 0.6 is 0 Å². The van der Waals surface area contributed by atoms with Crippen LogP contribution in [0.5, 0.6) is 11.8 Å². The maximum Gasteiger partial charge on any atom is 0.337 e. The van der Waals surface area contributed by atoms with Crippen molar-refractivity contribution in [3.63, 3.8) is 0 Å². The number of esters is 1. The van der Waals surface area contributed by atoms with Crippen molar-refractivity contribution >= 4 is 45.6 Å². The molecule has 0 unspecified atom stereocenters. The number of carbonyl (C=O) groups excluding carboxylic acids is 1. The van der Waals surface area contributed by atoms with Crippen molar-refractivity contribution in [2.45, 2.75) is 89.2 Å². The third kappa shape index (κ3) is 12.5. The zero-order valence-corrected chi connectivity index (χ0v) is 50.3. The molecule has 4 aliphatic rings. The first-order valence-corrected chi connectivity index (χ1v) is 30.1. The lowest BCUT2D eigenvalue weighted by Gasteiger charge is -2.54. The average Bonchev–Trinajstić information content (AvgIpc) is 1.75. The summed E-state index contributed by atoms with van der Waals surface area (Å²) < 4.78 is 53.2. The Balaban J connectivity index is 0.000000167. The Labute approximate surface area is 522 Å². The molecule has 2 aliphatic heterocycles. The Hall–Kier alpha value is -10.6. The molecule has 0 amide bonds. The van der Waals surface area contributed by atoms with E-state index in [1.54, 1.807) is 70.0 Å². The predicted octanol–water partition coefficient (Wildman–Crippen LogP) is 8.80. The molecule has 4 fully saturated rings. The maximum atomic E-state index is 14.4. The van der Waals surface area contributed by atoms with Gasteiger partial charge in [-0.1, -0.05) is 24.3 Å². The smallest absolute Gasteiger partial charge is 0.337 e. The fourth-order valence-corrected chi connectivity index (χ4v) is 12.8. The molecule has 8 heterocycles. The number of hydrogen-bond donors (Lipinski definition) is 1. The number of aromatic carboxylic acids is 1. The number of aromatic nitrogens is 10. The van der Waals surface area contributed by atoms with E-state index in [-0.39, 0.29) is 41.9 Å². The third-order valence-electron chi connectivity index (χ3n) is 17.7. The first-order valence-electron chi connectivity index (χ1n) is 30.1. The summed E-state index contributed by atoms with van der Waals surface area (Å²) in [5.41, 5.74) is 7.00. The summed E-state index contributed by atoms with van der Waals surface area (Å²) in [6.07, 6.45) is 8.04. The van der Waals surface area contributed by atoms with Gasteiger partial charge in [0.2, 0.25) is 11.8 Å². The first-order chi connectivity index (χ1) is 44.2. The lowest BCUT2D eigenvalue weighted by atomic mass is 9.81. The quantitative estimate of drug-likeness (QED) is 0.0789. The fraction of sp³-hybridized carbons (Fsp3) is 0.313. The third-order valence-corrected chi connectivity index (χ3v) is 17.7. The number of fused-ring (bicyclic) bond motifs is 4. The number of nitrogens with zero attached hydrogens (tertiary/aromatic N) is 16. The Bertz CT molecular complexity index is 4470. The second-order valence-electron chi connectivity index (χ2n) is 23.2. The second-order valence-corrected chi connectivity index (χ2v) is 23.2. The minimum atomic E-state index is -0.970. The van der Waals surface area contributed by atoms with E-state index < -0.39 is 17.6 Å². The van der Waals surface area contributed by atoms with E-state index in [0.717, 1.165) is 109 Å². The molecule has 22 nitrogen and oxygen atoms in total. The number of anilines is 2. The Morgan fingerprint density at radius 1 is 0.560 bits per heavy atom. The number of methoxy groups -OCH3 is 1. The van der Waals surface area contributed by atoms with Crippen LogP contribution in [-0.4, -0.2) is 133 Å².